The summed E-state index contributed by atoms with van der Waals surface area (Å²) in [7, 11) is 3.35. The average molecular weight is 464 g/mol. The number of ether oxygens (including phenoxy) is 1. The van der Waals surface area contributed by atoms with Crippen molar-refractivity contribution in [3.8, 4) is 5.75 Å². The molecule has 1 atom stereocenters. The topological polar surface area (TPSA) is 121 Å². The molecule has 1 aliphatic carbocycles. The van der Waals surface area contributed by atoms with Crippen molar-refractivity contribution in [3.05, 3.63) is 33.9 Å². The normalized spacial score (nSPS) is 17.9. The highest BCUT2D eigenvalue weighted by atomic mass is 19.1. The minimum absolute atomic E-state index is 0.0482. The number of nitrogens with one attached hydrogen (secondary N) is 1. The number of anilines is 1. The number of pyridine rings is 1. The fourth-order valence-electron chi connectivity index (χ4n) is 4.14. The van der Waals surface area contributed by atoms with Gasteiger partial charge < -0.3 is 29.7 Å². The Hall–Kier alpha value is -3.14. The number of aromatic nitrogens is 1. The van der Waals surface area contributed by atoms with Crippen LogP contribution in [0.2, 0.25) is 0 Å². The van der Waals surface area contributed by atoms with E-state index in [1.165, 1.54) is 19.4 Å². The molecule has 1 aliphatic heterocycles. The van der Waals surface area contributed by atoms with E-state index in [4.69, 9.17) is 9.84 Å². The van der Waals surface area contributed by atoms with Crippen molar-refractivity contribution in [2.45, 2.75) is 51.1 Å². The number of aliphatic carboxylic acids is 1. The lowest BCUT2D eigenvalue weighted by molar-refractivity contribution is -0.136. The van der Waals surface area contributed by atoms with Crippen molar-refractivity contribution < 1.29 is 28.9 Å². The van der Waals surface area contributed by atoms with Crippen LogP contribution in [0.1, 0.15) is 55.4 Å². The van der Waals surface area contributed by atoms with Gasteiger partial charge in [0.25, 0.3) is 0 Å². The molecule has 2 heterocycles. The Morgan fingerprint density at radius 3 is 2.45 bits per heavy atom. The smallest absolute Gasteiger partial charge is 0.341 e. The summed E-state index contributed by atoms with van der Waals surface area (Å²) in [5.41, 5.74) is -0.216. The van der Waals surface area contributed by atoms with E-state index in [-0.39, 0.29) is 29.5 Å². The van der Waals surface area contributed by atoms with Gasteiger partial charge in [0.1, 0.15) is 11.3 Å². The molecule has 0 amide bonds. The van der Waals surface area contributed by atoms with Gasteiger partial charge in [-0.3, -0.25) is 9.59 Å². The lowest BCUT2D eigenvalue weighted by atomic mass is 10.0. The van der Waals surface area contributed by atoms with Crippen LogP contribution in [0.3, 0.4) is 0 Å². The molecule has 1 unspecified atom stereocenters. The number of hydrogen-bond donors (Lipinski definition) is 3. The highest BCUT2D eigenvalue weighted by Crippen LogP contribution is 2.44. The van der Waals surface area contributed by atoms with Gasteiger partial charge in [0, 0.05) is 37.8 Å². The molecular weight excluding hydrogens is 433 g/mol. The van der Waals surface area contributed by atoms with Gasteiger partial charge in [-0.25, -0.2) is 9.18 Å². The Labute approximate surface area is 190 Å². The van der Waals surface area contributed by atoms with Crippen molar-refractivity contribution in [2.75, 3.05) is 32.1 Å². The van der Waals surface area contributed by atoms with Crippen molar-refractivity contribution in [1.82, 2.24) is 9.88 Å². The number of hydrogen-bond acceptors (Lipinski definition) is 6. The molecule has 1 saturated carbocycles. The minimum atomic E-state index is -1.31. The van der Waals surface area contributed by atoms with Crippen LogP contribution in [0.25, 0.3) is 10.9 Å². The first-order chi connectivity index (χ1) is 15.7. The summed E-state index contributed by atoms with van der Waals surface area (Å²) in [6, 6.07) is 1.51. The Bertz CT molecular complexity index is 1110. The number of likely N-dealkylation sites (N-methyl/N-ethyl adjacent to an activating group) is 1. The van der Waals surface area contributed by atoms with Gasteiger partial charge in [-0.15, -0.1) is 0 Å². The molecule has 4 rings (SSSR count). The van der Waals surface area contributed by atoms with Gasteiger partial charge in [0.05, 0.1) is 18.0 Å². The van der Waals surface area contributed by atoms with E-state index in [0.717, 1.165) is 25.7 Å². The zero-order valence-corrected chi connectivity index (χ0v) is 19.1. The van der Waals surface area contributed by atoms with Crippen LogP contribution in [0, 0.1) is 5.82 Å². The number of fused-ring (bicyclic) bond motifs is 1. The molecule has 3 N–H and O–H groups in total. The third kappa shape index (κ3) is 5.11. The molecule has 0 radical (unpaired) electrons. The number of nitrogens with zero attached hydrogens (tertiary/aromatic N) is 2. The summed E-state index contributed by atoms with van der Waals surface area (Å²) in [4.78, 5) is 35.6. The standard InChI is InChI=1S/C20H24FN3O4.C3H6O2/c1-22-11-4-3-7-23(9-11)17-15(21)8-13-16(19(17)28-2)24(12-5-6-12)10-14(18(13)25)20(26)27;1-2-3(4)5/h8,10-12,22H,3-7,9H2,1-2H3,(H,26,27);2H2,1H3,(H,4,5). The number of benzene rings is 1. The van der Waals surface area contributed by atoms with E-state index in [2.05, 4.69) is 5.32 Å². The Morgan fingerprint density at radius 1 is 1.27 bits per heavy atom. The highest BCUT2D eigenvalue weighted by molar-refractivity contribution is 5.97. The Balaban J connectivity index is 0.000000555. The number of piperidine rings is 1. The fourth-order valence-corrected chi connectivity index (χ4v) is 4.14. The number of aromatic carboxylic acids is 1. The first kappa shape index (κ1) is 24.5. The number of halogens is 1. The second-order valence-corrected chi connectivity index (χ2v) is 8.27. The van der Waals surface area contributed by atoms with E-state index in [1.807, 2.05) is 11.9 Å². The predicted octanol–water partition coefficient (Wildman–Crippen LogP) is 2.85. The van der Waals surface area contributed by atoms with E-state index in [9.17, 15) is 19.5 Å². The number of carbonyl (C=O) groups is 2. The average Bonchev–Trinajstić information content (AvgIpc) is 3.64. The zero-order chi connectivity index (χ0) is 24.3. The van der Waals surface area contributed by atoms with E-state index < -0.39 is 23.2 Å². The molecular formula is C23H30FN3O6. The first-order valence-corrected chi connectivity index (χ1v) is 11.1. The van der Waals surface area contributed by atoms with Crippen LogP contribution in [-0.4, -0.2) is 60.0 Å². The number of rotatable bonds is 6. The van der Waals surface area contributed by atoms with Crippen molar-refractivity contribution in [3.63, 3.8) is 0 Å². The van der Waals surface area contributed by atoms with Gasteiger partial charge in [-0.2, -0.15) is 0 Å². The molecule has 2 fully saturated rings. The van der Waals surface area contributed by atoms with Crippen LogP contribution in [0.5, 0.6) is 5.75 Å². The maximum Gasteiger partial charge on any atom is 0.341 e. The van der Waals surface area contributed by atoms with Crippen LogP contribution < -0.4 is 20.4 Å². The summed E-state index contributed by atoms with van der Waals surface area (Å²) < 4.78 is 22.6. The summed E-state index contributed by atoms with van der Waals surface area (Å²) >= 11 is 0. The molecule has 2 aliphatic rings. The number of carboxylic acid groups (broad SMARTS) is 2. The fraction of sp³-hybridized carbons (Fsp3) is 0.522. The maximum atomic E-state index is 15.2. The molecule has 33 heavy (non-hydrogen) atoms. The number of methoxy groups -OCH3 is 1. The van der Waals surface area contributed by atoms with E-state index >= 15 is 4.39 Å². The second-order valence-electron chi connectivity index (χ2n) is 8.27. The molecule has 1 aromatic carbocycles. The van der Waals surface area contributed by atoms with Crippen molar-refractivity contribution in [2.24, 2.45) is 0 Å². The van der Waals surface area contributed by atoms with E-state index in [0.29, 0.717) is 30.0 Å². The largest absolute Gasteiger partial charge is 0.492 e. The van der Waals surface area contributed by atoms with Crippen LogP contribution in [0.4, 0.5) is 10.1 Å². The molecule has 10 heteroatoms. The SMILES string of the molecule is CCC(=O)O.CNC1CCCN(c2c(F)cc3c(=O)c(C(=O)O)cn(C4CC4)c3c2OC)C1. The van der Waals surface area contributed by atoms with Gasteiger partial charge in [-0.1, -0.05) is 6.92 Å². The van der Waals surface area contributed by atoms with Gasteiger partial charge in [0.15, 0.2) is 11.6 Å². The van der Waals surface area contributed by atoms with Gasteiger partial charge >= 0.3 is 11.9 Å². The quantitative estimate of drug-likeness (QED) is 0.598. The van der Waals surface area contributed by atoms with Crippen molar-refractivity contribution in [1.29, 1.82) is 0 Å². The first-order valence-electron chi connectivity index (χ1n) is 11.1. The van der Waals surface area contributed by atoms with Crippen molar-refractivity contribution >= 4 is 28.5 Å². The summed E-state index contributed by atoms with van der Waals surface area (Å²) in [5, 5.41) is 20.4. The maximum absolute atomic E-state index is 15.2. The van der Waals surface area contributed by atoms with Gasteiger partial charge in [-0.05, 0) is 38.8 Å². The zero-order valence-electron chi connectivity index (χ0n) is 19.1. The molecule has 0 spiro atoms. The molecule has 180 valence electrons. The highest BCUT2D eigenvalue weighted by Gasteiger charge is 2.32. The Morgan fingerprint density at radius 2 is 1.94 bits per heavy atom. The molecule has 0 bridgehead atoms. The van der Waals surface area contributed by atoms with E-state index in [1.54, 1.807) is 11.5 Å². The lowest BCUT2D eigenvalue weighted by Crippen LogP contribution is -2.45. The second kappa shape index (κ2) is 10.2. The monoisotopic (exact) mass is 463 g/mol. The van der Waals surface area contributed by atoms with Crippen LogP contribution in [0.15, 0.2) is 17.1 Å². The summed E-state index contributed by atoms with van der Waals surface area (Å²) in [6.07, 6.45) is 5.30. The molecule has 2 aromatic rings. The third-order valence-electron chi connectivity index (χ3n) is 6.02. The van der Waals surface area contributed by atoms with Crippen LogP contribution in [-0.2, 0) is 4.79 Å². The lowest BCUT2D eigenvalue weighted by Gasteiger charge is -2.35. The third-order valence-corrected chi connectivity index (χ3v) is 6.02. The van der Waals surface area contributed by atoms with Crippen LogP contribution >= 0.6 is 0 Å². The summed E-state index contributed by atoms with van der Waals surface area (Å²) in [6.45, 7) is 2.93. The molecule has 9 nitrogen and oxygen atoms in total. The number of carboxylic acids is 2. The molecule has 1 saturated heterocycles. The summed E-state index contributed by atoms with van der Waals surface area (Å²) in [5.74, 6) is -2.32. The predicted molar refractivity (Wildman–Crippen MR) is 122 cm³/mol. The minimum Gasteiger partial charge on any atom is -0.492 e. The van der Waals surface area contributed by atoms with Gasteiger partial charge in [0.2, 0.25) is 5.43 Å². The Kier molecular flexibility index (Phi) is 7.57. The molecule has 1 aromatic heterocycles.